The molecular weight excluding hydrogens is 166 g/mol. The smallest absolute Gasteiger partial charge is 0.356 e. The Kier molecular flexibility index (Phi) is 8.12. The highest BCUT2D eigenvalue weighted by atomic mass is 16.5. The Bertz CT molecular complexity index is 191. The Morgan fingerprint density at radius 3 is 2.77 bits per heavy atom. The van der Waals surface area contributed by atoms with E-state index < -0.39 is 6.09 Å². The molecule has 0 fully saturated rings. The van der Waals surface area contributed by atoms with Crippen molar-refractivity contribution >= 4 is 6.09 Å². The van der Waals surface area contributed by atoms with E-state index in [4.69, 9.17) is 0 Å². The van der Waals surface area contributed by atoms with E-state index in [1.807, 2.05) is 0 Å². The molecule has 0 aliphatic carbocycles. The van der Waals surface area contributed by atoms with E-state index >= 15 is 0 Å². The molecule has 0 aromatic carbocycles. The molecule has 13 heavy (non-hydrogen) atoms. The summed E-state index contributed by atoms with van der Waals surface area (Å²) in [6.07, 6.45) is 6.35. The lowest BCUT2D eigenvalue weighted by Crippen LogP contribution is -2.23. The number of carbonyl (C=O) groups excluding carboxylic acids is 1. The van der Waals surface area contributed by atoms with Crippen LogP contribution in [0, 0.1) is 12.0 Å². The third-order valence-corrected chi connectivity index (χ3v) is 1.55. The van der Waals surface area contributed by atoms with Crippen LogP contribution in [0.15, 0.2) is 0 Å². The van der Waals surface area contributed by atoms with Crippen molar-refractivity contribution in [2.75, 3.05) is 6.54 Å². The monoisotopic (exact) mass is 183 g/mol. The van der Waals surface area contributed by atoms with E-state index in [0.717, 1.165) is 12.8 Å². The van der Waals surface area contributed by atoms with Crippen LogP contribution < -0.4 is 5.32 Å². The van der Waals surface area contributed by atoms with Crippen LogP contribution in [-0.4, -0.2) is 12.6 Å². The van der Waals surface area contributed by atoms with Crippen LogP contribution in [0.3, 0.4) is 0 Å². The van der Waals surface area contributed by atoms with Crippen molar-refractivity contribution in [3.05, 3.63) is 0 Å². The molecule has 0 unspecified atom stereocenters. The van der Waals surface area contributed by atoms with Crippen molar-refractivity contribution in [1.29, 1.82) is 0 Å². The molecule has 0 rings (SSSR count). The molecule has 0 atom stereocenters. The van der Waals surface area contributed by atoms with E-state index in [-0.39, 0.29) is 0 Å². The SMILES string of the molecule is CC#COC(=O)NCCCCCC. The molecule has 3 heteroatoms. The Morgan fingerprint density at radius 1 is 1.38 bits per heavy atom. The van der Waals surface area contributed by atoms with Crippen LogP contribution in [0.5, 0.6) is 0 Å². The zero-order valence-electron chi connectivity index (χ0n) is 8.35. The van der Waals surface area contributed by atoms with Gasteiger partial charge in [-0.3, -0.25) is 0 Å². The van der Waals surface area contributed by atoms with Crippen LogP contribution in [-0.2, 0) is 4.74 Å². The molecule has 74 valence electrons. The third kappa shape index (κ3) is 8.74. The maximum Gasteiger partial charge on any atom is 0.421 e. The molecule has 0 bridgehead atoms. The number of alkyl carbamates (subject to hydrolysis) is 1. The first-order chi connectivity index (χ1) is 6.31. The number of rotatable bonds is 5. The van der Waals surface area contributed by atoms with Crippen LogP contribution in [0.1, 0.15) is 39.5 Å². The van der Waals surface area contributed by atoms with Crippen LogP contribution in [0.4, 0.5) is 4.79 Å². The van der Waals surface area contributed by atoms with Gasteiger partial charge in [-0.25, -0.2) is 4.79 Å². The molecule has 0 saturated heterocycles. The third-order valence-electron chi connectivity index (χ3n) is 1.55. The zero-order valence-corrected chi connectivity index (χ0v) is 8.35. The highest BCUT2D eigenvalue weighted by Gasteiger charge is 1.97. The Balaban J connectivity index is 3.20. The first-order valence-corrected chi connectivity index (χ1v) is 4.67. The van der Waals surface area contributed by atoms with Gasteiger partial charge in [0.1, 0.15) is 6.11 Å². The second kappa shape index (κ2) is 8.92. The van der Waals surface area contributed by atoms with Gasteiger partial charge >= 0.3 is 6.09 Å². The van der Waals surface area contributed by atoms with Crippen molar-refractivity contribution in [2.45, 2.75) is 39.5 Å². The highest BCUT2D eigenvalue weighted by molar-refractivity contribution is 5.68. The summed E-state index contributed by atoms with van der Waals surface area (Å²) >= 11 is 0. The molecule has 3 nitrogen and oxygen atoms in total. The summed E-state index contributed by atoms with van der Waals surface area (Å²) in [5, 5.41) is 2.61. The van der Waals surface area contributed by atoms with Crippen LogP contribution in [0.2, 0.25) is 0 Å². The molecule has 0 radical (unpaired) electrons. The van der Waals surface area contributed by atoms with Crippen molar-refractivity contribution in [1.82, 2.24) is 5.32 Å². The summed E-state index contributed by atoms with van der Waals surface area (Å²) in [6.45, 7) is 4.44. The summed E-state index contributed by atoms with van der Waals surface area (Å²) in [5.41, 5.74) is 0. The van der Waals surface area contributed by atoms with Gasteiger partial charge in [-0.15, -0.1) is 0 Å². The fourth-order valence-electron chi connectivity index (χ4n) is 0.876. The van der Waals surface area contributed by atoms with Gasteiger partial charge in [0.2, 0.25) is 0 Å². The number of amides is 1. The number of hydrogen-bond donors (Lipinski definition) is 1. The summed E-state index contributed by atoms with van der Waals surface area (Å²) in [7, 11) is 0. The largest absolute Gasteiger partial charge is 0.421 e. The molecule has 0 saturated carbocycles. The maximum atomic E-state index is 10.8. The number of ether oxygens (including phenoxy) is 1. The van der Waals surface area contributed by atoms with Gasteiger partial charge in [-0.1, -0.05) is 32.1 Å². The minimum atomic E-state index is -0.453. The van der Waals surface area contributed by atoms with Gasteiger partial charge in [-0.05, 0) is 6.42 Å². The van der Waals surface area contributed by atoms with Crippen molar-refractivity contribution < 1.29 is 9.53 Å². The average Bonchev–Trinajstić information content (AvgIpc) is 2.14. The second-order valence-corrected chi connectivity index (χ2v) is 2.73. The van der Waals surface area contributed by atoms with Gasteiger partial charge in [0, 0.05) is 13.5 Å². The van der Waals surface area contributed by atoms with Gasteiger partial charge in [0.05, 0.1) is 0 Å². The van der Waals surface area contributed by atoms with Crippen molar-refractivity contribution in [2.24, 2.45) is 0 Å². The molecule has 0 aromatic rings. The topological polar surface area (TPSA) is 38.3 Å². The summed E-state index contributed by atoms with van der Waals surface area (Å²) in [4.78, 5) is 10.8. The number of nitrogens with one attached hydrogen (secondary N) is 1. The van der Waals surface area contributed by atoms with Gasteiger partial charge in [-0.2, -0.15) is 0 Å². The Labute approximate surface area is 79.8 Å². The fourth-order valence-corrected chi connectivity index (χ4v) is 0.876. The van der Waals surface area contributed by atoms with E-state index in [9.17, 15) is 4.79 Å². The van der Waals surface area contributed by atoms with Gasteiger partial charge < -0.3 is 10.1 Å². The minimum absolute atomic E-state index is 0.453. The molecule has 0 spiro atoms. The molecule has 0 aliphatic rings. The number of carbonyl (C=O) groups is 1. The van der Waals surface area contributed by atoms with E-state index in [1.54, 1.807) is 6.92 Å². The molecule has 0 heterocycles. The predicted octanol–water partition coefficient (Wildman–Crippen LogP) is 2.27. The fraction of sp³-hybridized carbons (Fsp3) is 0.700. The lowest BCUT2D eigenvalue weighted by Gasteiger charge is -2.01. The van der Waals surface area contributed by atoms with E-state index in [0.29, 0.717) is 6.54 Å². The van der Waals surface area contributed by atoms with Crippen molar-refractivity contribution in [3.63, 3.8) is 0 Å². The first-order valence-electron chi connectivity index (χ1n) is 4.67. The normalized spacial score (nSPS) is 8.46. The summed E-state index contributed by atoms with van der Waals surface area (Å²) < 4.78 is 4.49. The Hall–Kier alpha value is -1.17. The van der Waals surface area contributed by atoms with Crippen molar-refractivity contribution in [3.8, 4) is 12.0 Å². The standard InChI is InChI=1S/C10H17NO2/c1-3-5-6-7-8-11-10(12)13-9-4-2/h3,5-8H2,1-2H3,(H,11,12). The van der Waals surface area contributed by atoms with Gasteiger partial charge in [0.15, 0.2) is 0 Å². The maximum absolute atomic E-state index is 10.8. The molecular formula is C10H17NO2. The van der Waals surface area contributed by atoms with E-state index in [1.165, 1.54) is 12.8 Å². The first kappa shape index (κ1) is 11.8. The Morgan fingerprint density at radius 2 is 2.15 bits per heavy atom. The molecule has 1 amide bonds. The highest BCUT2D eigenvalue weighted by Crippen LogP contribution is 1.96. The van der Waals surface area contributed by atoms with Crippen LogP contribution >= 0.6 is 0 Å². The summed E-state index contributed by atoms with van der Waals surface area (Å²) in [5.74, 6) is 2.48. The minimum Gasteiger partial charge on any atom is -0.356 e. The average molecular weight is 183 g/mol. The van der Waals surface area contributed by atoms with Crippen LogP contribution in [0.25, 0.3) is 0 Å². The number of unbranched alkanes of at least 4 members (excludes halogenated alkanes) is 3. The molecule has 1 N–H and O–H groups in total. The number of hydrogen-bond acceptors (Lipinski definition) is 2. The second-order valence-electron chi connectivity index (χ2n) is 2.73. The van der Waals surface area contributed by atoms with E-state index in [2.05, 4.69) is 29.0 Å². The molecule has 0 aliphatic heterocycles. The molecule has 0 aromatic heterocycles. The lowest BCUT2D eigenvalue weighted by molar-refractivity contribution is 0.191. The lowest BCUT2D eigenvalue weighted by atomic mass is 10.2. The predicted molar refractivity (Wildman–Crippen MR) is 52.1 cm³/mol. The zero-order chi connectivity index (χ0) is 9.94. The quantitative estimate of drug-likeness (QED) is 0.524. The summed E-state index contributed by atoms with van der Waals surface area (Å²) in [6, 6.07) is 0. The van der Waals surface area contributed by atoms with Gasteiger partial charge in [0.25, 0.3) is 0 Å².